The predicted octanol–water partition coefficient (Wildman–Crippen LogP) is 12.9. The maximum atomic E-state index is 5.83. The summed E-state index contributed by atoms with van der Waals surface area (Å²) in [5.41, 5.74) is 13.6. The second-order valence-corrected chi connectivity index (χ2v) is 35.6. The molecule has 0 bridgehead atoms. The van der Waals surface area contributed by atoms with E-state index in [1.807, 2.05) is 0 Å². The van der Waals surface area contributed by atoms with Gasteiger partial charge in [0.15, 0.2) is 0 Å². The molecule has 3 aromatic rings. The molecule has 3 aromatic carbocycles. The van der Waals surface area contributed by atoms with E-state index in [1.165, 1.54) is 55.1 Å². The minimum atomic E-state index is -4.68. The zero-order valence-corrected chi connectivity index (χ0v) is 37.6. The molecule has 0 heterocycles. The van der Waals surface area contributed by atoms with Crippen molar-refractivity contribution in [1.29, 1.82) is 0 Å². The standard InChI is InChI=1S/C29H41.C12H19.C6H5.CH3.CH2.Zr/c1-26(2,3)22-14-18-13-19-15-23(27(4,5)6)25(29(10,11)12)17-21(19)20(18)16-24(22)28(7,8)9;1-5-6-10-7-8-11(9-10)12(2,3)4;1-2-4-6-5-3-1;;;/h14,16-17H,13H2,1-12H3;8-10H,5-6H2,1-4H3;1-5H;1H3;1H2;. The summed E-state index contributed by atoms with van der Waals surface area (Å²) in [6, 6.07) is 19.5. The van der Waals surface area contributed by atoms with Gasteiger partial charge in [0, 0.05) is 0 Å². The molecule has 0 fully saturated rings. The number of benzene rings is 3. The van der Waals surface area contributed by atoms with Crippen LogP contribution in [0, 0.1) is 11.3 Å². The molecule has 2 aliphatic carbocycles. The summed E-state index contributed by atoms with van der Waals surface area (Å²) in [5.74, 6) is 0.410. The van der Waals surface area contributed by atoms with Crippen molar-refractivity contribution in [2.45, 2.75) is 156 Å². The summed E-state index contributed by atoms with van der Waals surface area (Å²) in [6.07, 6.45) is 8.63. The van der Waals surface area contributed by atoms with E-state index in [4.69, 9.17) is 4.21 Å². The number of hydrogen-bond donors (Lipinski definition) is 0. The third-order valence-corrected chi connectivity index (χ3v) is 26.5. The molecule has 0 spiro atoms. The second-order valence-electron chi connectivity index (χ2n) is 21.7. The van der Waals surface area contributed by atoms with Crippen molar-refractivity contribution in [2.24, 2.45) is 11.3 Å². The Bertz CT molecular complexity index is 1940. The molecule has 0 amide bonds. The average Bonchev–Trinajstić information content (AvgIpc) is 3.57. The van der Waals surface area contributed by atoms with Gasteiger partial charge in [-0.2, -0.15) is 0 Å². The molecule has 0 aliphatic heterocycles. The summed E-state index contributed by atoms with van der Waals surface area (Å²) >= 11 is -4.68. The fourth-order valence-corrected chi connectivity index (χ4v) is 24.2. The zero-order chi connectivity index (χ0) is 37.6. The molecular formula is C49H70Zr. The van der Waals surface area contributed by atoms with Crippen LogP contribution in [0.4, 0.5) is 0 Å². The van der Waals surface area contributed by atoms with Gasteiger partial charge < -0.3 is 0 Å². The van der Waals surface area contributed by atoms with Gasteiger partial charge in [-0.25, -0.2) is 0 Å². The topological polar surface area (TPSA) is 0 Å². The quantitative estimate of drug-likeness (QED) is 0.191. The van der Waals surface area contributed by atoms with Crippen LogP contribution in [0.3, 0.4) is 0 Å². The second kappa shape index (κ2) is 12.2. The molecule has 0 saturated heterocycles. The van der Waals surface area contributed by atoms with Gasteiger partial charge in [0.1, 0.15) is 0 Å². The molecule has 0 nitrogen and oxygen atoms in total. The van der Waals surface area contributed by atoms with Crippen LogP contribution in [0.2, 0.25) is 4.63 Å². The van der Waals surface area contributed by atoms with Crippen LogP contribution >= 0.6 is 0 Å². The van der Waals surface area contributed by atoms with Crippen LogP contribution in [0.25, 0.3) is 11.1 Å². The summed E-state index contributed by atoms with van der Waals surface area (Å²) in [6.45, 7) is 38.6. The Balaban J connectivity index is 2.06. The predicted molar refractivity (Wildman–Crippen MR) is 222 cm³/mol. The first-order chi connectivity index (χ1) is 22.6. The van der Waals surface area contributed by atoms with E-state index in [1.54, 1.807) is 17.7 Å². The summed E-state index contributed by atoms with van der Waals surface area (Å²) in [4.78, 5) is 0. The molecule has 270 valence electrons. The van der Waals surface area contributed by atoms with Gasteiger partial charge in [-0.15, -0.1) is 0 Å². The van der Waals surface area contributed by atoms with E-state index in [-0.39, 0.29) is 27.1 Å². The third-order valence-electron chi connectivity index (χ3n) is 12.1. The van der Waals surface area contributed by atoms with Crippen molar-refractivity contribution < 1.29 is 18.3 Å². The molecule has 50 heavy (non-hydrogen) atoms. The number of hydrogen-bond acceptors (Lipinski definition) is 0. The molecule has 2 aliphatic rings. The monoisotopic (exact) mass is 748 g/mol. The molecule has 0 saturated carbocycles. The van der Waals surface area contributed by atoms with Crippen molar-refractivity contribution in [2.75, 3.05) is 0 Å². The Morgan fingerprint density at radius 3 is 1.66 bits per heavy atom. The molecule has 1 unspecified atom stereocenters. The molecule has 0 N–H and O–H groups in total. The molecule has 1 atom stereocenters. The Kier molecular flexibility index (Phi) is 9.56. The molecule has 0 aromatic heterocycles. The van der Waals surface area contributed by atoms with Crippen LogP contribution in [-0.2, 0) is 46.4 Å². The van der Waals surface area contributed by atoms with Gasteiger partial charge >= 0.3 is 311 Å². The normalized spacial score (nSPS) is 17.4. The Morgan fingerprint density at radius 2 is 1.18 bits per heavy atom. The number of allylic oxidation sites excluding steroid dienone is 4. The fourth-order valence-electron chi connectivity index (χ4n) is 9.43. The molecule has 0 radical (unpaired) electrons. The first-order valence-electron chi connectivity index (χ1n) is 19.6. The summed E-state index contributed by atoms with van der Waals surface area (Å²) in [5, 5.41) is 0. The first-order valence-corrected chi connectivity index (χ1v) is 27.4. The Labute approximate surface area is 308 Å². The van der Waals surface area contributed by atoms with E-state index in [9.17, 15) is 0 Å². The van der Waals surface area contributed by atoms with E-state index in [0.29, 0.717) is 5.92 Å². The average molecular weight is 750 g/mol. The van der Waals surface area contributed by atoms with Crippen molar-refractivity contribution in [3.63, 3.8) is 0 Å². The van der Waals surface area contributed by atoms with Gasteiger partial charge in [0.25, 0.3) is 0 Å². The molecular weight excluding hydrogens is 680 g/mol. The van der Waals surface area contributed by atoms with Gasteiger partial charge in [-0.05, 0) is 0 Å². The van der Waals surface area contributed by atoms with Crippen LogP contribution in [0.15, 0.2) is 69.5 Å². The minimum absolute atomic E-state index is 0.0329. The van der Waals surface area contributed by atoms with Crippen molar-refractivity contribution >= 4 is 10.8 Å². The van der Waals surface area contributed by atoms with E-state index >= 15 is 0 Å². The fraction of sp³-hybridized carbons (Fsp3) is 0.531. The maximum absolute atomic E-state index is 5.83. The SMILES string of the molecule is [CH2]=[Zr]([CH3])([C]1=CC(C(C)(C)C)=CC1CCC)([c]1ccccc1)[c]1c2c(cc(C(C)(C)C)c1C(C)(C)C)-c1cc(C(C)(C)C)c(C(C)(C)C)cc1C2. The van der Waals surface area contributed by atoms with Crippen molar-refractivity contribution in [3.05, 3.63) is 103 Å². The van der Waals surface area contributed by atoms with E-state index in [2.05, 4.69) is 176 Å². The van der Waals surface area contributed by atoms with Gasteiger partial charge in [0.2, 0.25) is 0 Å². The van der Waals surface area contributed by atoms with Gasteiger partial charge in [-0.3, -0.25) is 0 Å². The van der Waals surface area contributed by atoms with E-state index < -0.39 is 18.3 Å². The van der Waals surface area contributed by atoms with Crippen LogP contribution in [0.5, 0.6) is 0 Å². The van der Waals surface area contributed by atoms with Crippen molar-refractivity contribution in [1.82, 2.24) is 0 Å². The van der Waals surface area contributed by atoms with Crippen LogP contribution < -0.4 is 6.54 Å². The Morgan fingerprint density at radius 1 is 0.660 bits per heavy atom. The summed E-state index contributed by atoms with van der Waals surface area (Å²) < 4.78 is 13.3. The number of rotatable bonds is 5. The van der Waals surface area contributed by atoms with Crippen molar-refractivity contribution in [3.8, 4) is 11.1 Å². The molecule has 1 heteroatoms. The van der Waals surface area contributed by atoms with Gasteiger partial charge in [0.05, 0.1) is 0 Å². The van der Waals surface area contributed by atoms with E-state index in [0.717, 1.165) is 6.42 Å². The molecule has 5 rings (SSSR count). The van der Waals surface area contributed by atoms with Crippen LogP contribution in [0.1, 0.15) is 157 Å². The van der Waals surface area contributed by atoms with Crippen LogP contribution in [-0.4, -0.2) is 4.21 Å². The van der Waals surface area contributed by atoms with Gasteiger partial charge in [-0.1, -0.05) is 0 Å². The zero-order valence-electron chi connectivity index (χ0n) is 35.2. The summed E-state index contributed by atoms with van der Waals surface area (Å²) in [7, 11) is 0. The number of fused-ring (bicyclic) bond motifs is 3. The Hall–Kier alpha value is -2.11. The first kappa shape index (κ1) is 39.1. The third kappa shape index (κ3) is 6.54.